The van der Waals surface area contributed by atoms with Crippen LogP contribution in [-0.4, -0.2) is 67.0 Å². The predicted octanol–water partition coefficient (Wildman–Crippen LogP) is 1.57. The second kappa shape index (κ2) is 9.05. The molecule has 0 bridgehead atoms. The Kier molecular flexibility index (Phi) is 6.20. The van der Waals surface area contributed by atoms with Crippen LogP contribution < -0.4 is 10.2 Å². The summed E-state index contributed by atoms with van der Waals surface area (Å²) in [5, 5.41) is 4.00. The van der Waals surface area contributed by atoms with Crippen LogP contribution in [0.5, 0.6) is 0 Å². The molecule has 1 fully saturated rings. The maximum Gasteiger partial charge on any atom is 0.356 e. The molecular formula is C22H24ClN4O5+. The summed E-state index contributed by atoms with van der Waals surface area (Å²) >= 11 is 6.12. The number of amides is 2. The number of piperazine rings is 1. The van der Waals surface area contributed by atoms with Gasteiger partial charge < -0.3 is 29.3 Å². The van der Waals surface area contributed by atoms with Crippen molar-refractivity contribution in [1.29, 1.82) is 0 Å². The van der Waals surface area contributed by atoms with Gasteiger partial charge in [-0.25, -0.2) is 4.79 Å². The van der Waals surface area contributed by atoms with Crippen molar-refractivity contribution in [3.8, 4) is 0 Å². The Morgan fingerprint density at radius 1 is 1.25 bits per heavy atom. The summed E-state index contributed by atoms with van der Waals surface area (Å²) in [6.07, 6.45) is 1.47. The third kappa shape index (κ3) is 4.21. The number of nitrogens with one attached hydrogen (secondary N) is 3. The number of esters is 1. The molecule has 0 saturated carbocycles. The van der Waals surface area contributed by atoms with Gasteiger partial charge in [0.25, 0.3) is 11.8 Å². The number of nitrogens with zero attached hydrogens (tertiary/aromatic N) is 1. The number of methoxy groups -OCH3 is 1. The summed E-state index contributed by atoms with van der Waals surface area (Å²) in [6.45, 7) is 4.09. The first-order valence-corrected chi connectivity index (χ1v) is 10.6. The van der Waals surface area contributed by atoms with Crippen molar-refractivity contribution in [2.24, 2.45) is 0 Å². The molecule has 3 heterocycles. The van der Waals surface area contributed by atoms with Gasteiger partial charge in [0.15, 0.2) is 11.8 Å². The fraction of sp³-hybridized carbons (Fsp3) is 0.318. The Balaban J connectivity index is 1.46. The summed E-state index contributed by atoms with van der Waals surface area (Å²) < 4.78 is 10.0. The zero-order valence-electron chi connectivity index (χ0n) is 17.7. The topological polar surface area (TPSA) is 109 Å². The standard InChI is InChI=1S/C22H23ClN4O5/c1-13(26-7-9-27(10-8-26)21(29)17-4-3-11-32-17)20(28)25-18-15-12-14(23)5-6-16(15)24-19(18)22(30)31-2/h3-6,11-13,24H,7-10H2,1-2H3,(H,25,28)/p+1/t13-/m0/s1. The van der Waals surface area contributed by atoms with E-state index in [1.54, 1.807) is 35.2 Å². The molecule has 1 atom stereocenters. The van der Waals surface area contributed by atoms with Crippen LogP contribution in [0.1, 0.15) is 28.0 Å². The highest BCUT2D eigenvalue weighted by Crippen LogP contribution is 2.30. The highest BCUT2D eigenvalue weighted by atomic mass is 35.5. The second-order valence-corrected chi connectivity index (χ2v) is 8.13. The van der Waals surface area contributed by atoms with Crippen LogP contribution in [-0.2, 0) is 9.53 Å². The summed E-state index contributed by atoms with van der Waals surface area (Å²) in [7, 11) is 1.28. The Hall–Kier alpha value is -3.30. The summed E-state index contributed by atoms with van der Waals surface area (Å²) in [6, 6.07) is 8.05. The van der Waals surface area contributed by atoms with E-state index in [2.05, 4.69) is 10.3 Å². The average Bonchev–Trinajstić information content (AvgIpc) is 3.46. The smallest absolute Gasteiger partial charge is 0.356 e. The third-order valence-electron chi connectivity index (χ3n) is 5.83. The van der Waals surface area contributed by atoms with Crippen LogP contribution in [0.25, 0.3) is 10.9 Å². The van der Waals surface area contributed by atoms with E-state index in [-0.39, 0.29) is 17.5 Å². The number of halogens is 1. The number of ether oxygens (including phenoxy) is 1. The van der Waals surface area contributed by atoms with Gasteiger partial charge in [-0.2, -0.15) is 0 Å². The lowest BCUT2D eigenvalue weighted by atomic mass is 10.1. The van der Waals surface area contributed by atoms with Gasteiger partial charge in [-0.05, 0) is 37.3 Å². The number of carbonyl (C=O) groups is 3. The lowest BCUT2D eigenvalue weighted by Gasteiger charge is -2.34. The van der Waals surface area contributed by atoms with Gasteiger partial charge in [-0.15, -0.1) is 0 Å². The van der Waals surface area contributed by atoms with Gasteiger partial charge in [-0.1, -0.05) is 11.6 Å². The quantitative estimate of drug-likeness (QED) is 0.502. The summed E-state index contributed by atoms with van der Waals surface area (Å²) in [5.74, 6) is -0.661. The van der Waals surface area contributed by atoms with Crippen LogP contribution >= 0.6 is 11.6 Å². The monoisotopic (exact) mass is 459 g/mol. The van der Waals surface area contributed by atoms with E-state index in [4.69, 9.17) is 20.8 Å². The molecule has 3 aromatic rings. The highest BCUT2D eigenvalue weighted by Gasteiger charge is 2.33. The molecule has 2 amide bonds. The van der Waals surface area contributed by atoms with Gasteiger partial charge in [-0.3, -0.25) is 9.59 Å². The molecule has 1 aliphatic rings. The molecule has 0 unspecified atom stereocenters. The highest BCUT2D eigenvalue weighted by molar-refractivity contribution is 6.31. The van der Waals surface area contributed by atoms with Gasteiger partial charge in [0.05, 0.1) is 45.2 Å². The van der Waals surface area contributed by atoms with E-state index in [9.17, 15) is 14.4 Å². The first kappa shape index (κ1) is 21.9. The van der Waals surface area contributed by atoms with Crippen molar-refractivity contribution in [1.82, 2.24) is 9.88 Å². The minimum Gasteiger partial charge on any atom is -0.464 e. The molecule has 2 aromatic heterocycles. The van der Waals surface area contributed by atoms with Crippen molar-refractivity contribution < 1.29 is 28.4 Å². The van der Waals surface area contributed by atoms with E-state index in [0.29, 0.717) is 53.6 Å². The number of aromatic amines is 1. The van der Waals surface area contributed by atoms with E-state index in [1.807, 2.05) is 6.92 Å². The second-order valence-electron chi connectivity index (χ2n) is 7.70. The number of benzene rings is 1. The number of aromatic nitrogens is 1. The molecule has 10 heteroatoms. The first-order chi connectivity index (χ1) is 15.4. The molecule has 1 aliphatic heterocycles. The Labute approximate surface area is 189 Å². The van der Waals surface area contributed by atoms with Crippen LogP contribution in [0.15, 0.2) is 41.0 Å². The first-order valence-electron chi connectivity index (χ1n) is 10.3. The Bertz CT molecular complexity index is 1150. The SMILES string of the molecule is COC(=O)c1[nH]c2ccc(Cl)cc2c1NC(=O)[C@H](C)[NH+]1CCN(C(=O)c2ccco2)CC1. The number of carbonyl (C=O) groups excluding carboxylic acids is 3. The van der Waals surface area contributed by atoms with Crippen molar-refractivity contribution >= 4 is 46.0 Å². The zero-order valence-corrected chi connectivity index (χ0v) is 18.5. The molecule has 9 nitrogen and oxygen atoms in total. The largest absolute Gasteiger partial charge is 0.464 e. The van der Waals surface area contributed by atoms with Crippen molar-refractivity contribution in [3.63, 3.8) is 0 Å². The fourth-order valence-electron chi connectivity index (χ4n) is 3.95. The molecule has 4 rings (SSSR count). The van der Waals surface area contributed by atoms with Gasteiger partial charge >= 0.3 is 5.97 Å². The third-order valence-corrected chi connectivity index (χ3v) is 6.06. The average molecular weight is 460 g/mol. The summed E-state index contributed by atoms with van der Waals surface area (Å²) in [4.78, 5) is 43.5. The number of hydrogen-bond donors (Lipinski definition) is 3. The number of quaternary nitrogens is 1. The number of rotatable bonds is 5. The van der Waals surface area contributed by atoms with E-state index < -0.39 is 12.0 Å². The normalized spacial score (nSPS) is 15.5. The van der Waals surface area contributed by atoms with E-state index in [0.717, 1.165) is 4.90 Å². The lowest BCUT2D eigenvalue weighted by molar-refractivity contribution is -0.917. The maximum atomic E-state index is 13.1. The number of furan rings is 1. The van der Waals surface area contributed by atoms with Crippen LogP contribution in [0.4, 0.5) is 5.69 Å². The minimum absolute atomic E-state index is 0.149. The number of hydrogen-bond acceptors (Lipinski definition) is 5. The maximum absolute atomic E-state index is 13.1. The van der Waals surface area contributed by atoms with E-state index in [1.165, 1.54) is 13.4 Å². The molecule has 1 aromatic carbocycles. The minimum atomic E-state index is -0.585. The molecule has 0 radical (unpaired) electrons. The molecule has 1 saturated heterocycles. The lowest BCUT2D eigenvalue weighted by Crippen LogP contribution is -3.19. The van der Waals surface area contributed by atoms with E-state index >= 15 is 0 Å². The Morgan fingerprint density at radius 2 is 2.00 bits per heavy atom. The van der Waals surface area contributed by atoms with Crippen molar-refractivity contribution in [2.75, 3.05) is 38.6 Å². The fourth-order valence-corrected chi connectivity index (χ4v) is 4.12. The molecule has 3 N–H and O–H groups in total. The zero-order chi connectivity index (χ0) is 22.8. The number of fused-ring (bicyclic) bond motifs is 1. The molecule has 0 aliphatic carbocycles. The molecular weight excluding hydrogens is 436 g/mol. The number of anilines is 1. The number of H-pyrrole nitrogens is 1. The molecule has 168 valence electrons. The summed E-state index contributed by atoms with van der Waals surface area (Å²) in [5.41, 5.74) is 1.17. The van der Waals surface area contributed by atoms with Gasteiger partial charge in [0, 0.05) is 15.9 Å². The molecule has 32 heavy (non-hydrogen) atoms. The predicted molar refractivity (Wildman–Crippen MR) is 118 cm³/mol. The van der Waals surface area contributed by atoms with Crippen molar-refractivity contribution in [3.05, 3.63) is 53.1 Å². The molecule has 0 spiro atoms. The van der Waals surface area contributed by atoms with Gasteiger partial charge in [0.1, 0.15) is 5.69 Å². The Morgan fingerprint density at radius 3 is 2.66 bits per heavy atom. The van der Waals surface area contributed by atoms with Crippen LogP contribution in [0.3, 0.4) is 0 Å². The van der Waals surface area contributed by atoms with Crippen LogP contribution in [0, 0.1) is 0 Å². The van der Waals surface area contributed by atoms with Crippen LogP contribution in [0.2, 0.25) is 5.02 Å². The van der Waals surface area contributed by atoms with Crippen molar-refractivity contribution in [2.45, 2.75) is 13.0 Å². The van der Waals surface area contributed by atoms with Gasteiger partial charge in [0.2, 0.25) is 0 Å².